The third-order valence-electron chi connectivity index (χ3n) is 3.41. The minimum absolute atomic E-state index is 0.388. The summed E-state index contributed by atoms with van der Waals surface area (Å²) in [5, 5.41) is 1.05. The molecule has 0 amide bonds. The summed E-state index contributed by atoms with van der Waals surface area (Å²) in [6.07, 6.45) is 2.77. The van der Waals surface area contributed by atoms with Gasteiger partial charge in [0.25, 0.3) is 0 Å². The monoisotopic (exact) mass is 521 g/mol. The molecule has 0 aliphatic rings. The number of rotatable bonds is 9. The molecule has 0 fully saturated rings. The molecule has 0 N–H and O–H groups in total. The van der Waals surface area contributed by atoms with E-state index in [0.29, 0.717) is 16.7 Å². The van der Waals surface area contributed by atoms with Gasteiger partial charge in [-0.25, -0.2) is 0 Å². The Labute approximate surface area is 181 Å². The van der Waals surface area contributed by atoms with E-state index in [9.17, 15) is 0 Å². The first-order valence-corrected chi connectivity index (χ1v) is 10.5. The number of aliphatic imine (C=N–C) groups is 1. The highest BCUT2D eigenvalue weighted by Gasteiger charge is 2.09. The van der Waals surface area contributed by atoms with Crippen LogP contribution in [0.15, 0.2) is 44.3 Å². The van der Waals surface area contributed by atoms with Crippen molar-refractivity contribution < 1.29 is 9.47 Å². The molecule has 26 heavy (non-hydrogen) atoms. The van der Waals surface area contributed by atoms with Crippen LogP contribution in [-0.2, 0) is 11.3 Å². The van der Waals surface area contributed by atoms with Crippen LogP contribution in [0.1, 0.15) is 24.5 Å². The van der Waals surface area contributed by atoms with Crippen LogP contribution in [0, 0.1) is 0 Å². The van der Waals surface area contributed by atoms with E-state index in [1.807, 2.05) is 31.3 Å². The molecule has 0 radical (unpaired) electrons. The molecule has 0 bridgehead atoms. The molecule has 0 atom stereocenters. The van der Waals surface area contributed by atoms with Gasteiger partial charge in [-0.2, -0.15) is 0 Å². The van der Waals surface area contributed by atoms with Crippen LogP contribution in [0.4, 0.5) is 0 Å². The van der Waals surface area contributed by atoms with Crippen LogP contribution in [-0.4, -0.2) is 26.0 Å². The zero-order valence-electron chi connectivity index (χ0n) is 14.3. The summed E-state index contributed by atoms with van der Waals surface area (Å²) in [7, 11) is 0. The van der Waals surface area contributed by atoms with Crippen molar-refractivity contribution in [3.05, 3.63) is 60.4 Å². The van der Waals surface area contributed by atoms with Crippen molar-refractivity contribution in [1.82, 2.24) is 0 Å². The van der Waals surface area contributed by atoms with E-state index in [2.05, 4.69) is 36.9 Å². The fourth-order valence-corrected chi connectivity index (χ4v) is 3.92. The van der Waals surface area contributed by atoms with Gasteiger partial charge in [-0.1, -0.05) is 29.3 Å². The Bertz CT molecular complexity index is 746. The van der Waals surface area contributed by atoms with Crippen LogP contribution in [0.3, 0.4) is 0 Å². The first-order chi connectivity index (χ1) is 12.5. The third-order valence-corrected chi connectivity index (χ3v) is 5.33. The zero-order chi connectivity index (χ0) is 18.9. The van der Waals surface area contributed by atoms with Crippen LogP contribution < -0.4 is 4.74 Å². The molecule has 2 rings (SSSR count). The molecule has 0 spiro atoms. The van der Waals surface area contributed by atoms with Gasteiger partial charge in [0.2, 0.25) is 0 Å². The molecule has 0 aliphatic carbocycles. The Balaban J connectivity index is 1.97. The standard InChI is InChI=1S/C19H19Br2Cl2NO2/c1-2-25-7-3-6-24-11-14-8-15(20)19(16(21)9-14)26-12-13-4-5-17(22)18(23)10-13/h4-5,8-11H,2-3,6-7,12H2,1H3/b24-11+. The Hall–Kier alpha value is -0.590. The van der Waals surface area contributed by atoms with Gasteiger partial charge < -0.3 is 9.47 Å². The Morgan fingerprint density at radius 2 is 1.81 bits per heavy atom. The van der Waals surface area contributed by atoms with Crippen molar-refractivity contribution in [2.24, 2.45) is 4.99 Å². The second-order valence-electron chi connectivity index (χ2n) is 5.44. The molecule has 2 aromatic carbocycles. The highest BCUT2D eigenvalue weighted by molar-refractivity contribution is 9.11. The van der Waals surface area contributed by atoms with Crippen molar-refractivity contribution >= 4 is 61.3 Å². The first-order valence-electron chi connectivity index (χ1n) is 8.14. The second-order valence-corrected chi connectivity index (χ2v) is 7.96. The molecule has 0 aliphatic heterocycles. The molecule has 0 aromatic heterocycles. The lowest BCUT2D eigenvalue weighted by Crippen LogP contribution is -1.98. The lowest BCUT2D eigenvalue weighted by Gasteiger charge is -2.12. The quantitative estimate of drug-likeness (QED) is 0.263. The largest absolute Gasteiger partial charge is 0.487 e. The third kappa shape index (κ3) is 6.86. The fraction of sp³-hybridized carbons (Fsp3) is 0.316. The van der Waals surface area contributed by atoms with Gasteiger partial charge in [0, 0.05) is 26.0 Å². The average Bonchev–Trinajstić information content (AvgIpc) is 2.60. The average molecular weight is 524 g/mol. The minimum Gasteiger partial charge on any atom is -0.487 e. The van der Waals surface area contributed by atoms with Crippen molar-refractivity contribution in [2.75, 3.05) is 19.8 Å². The number of ether oxygens (including phenoxy) is 2. The topological polar surface area (TPSA) is 30.8 Å². The molecule has 140 valence electrons. The fourth-order valence-electron chi connectivity index (χ4n) is 2.15. The van der Waals surface area contributed by atoms with Crippen molar-refractivity contribution in [3.8, 4) is 5.75 Å². The molecular weight excluding hydrogens is 505 g/mol. The zero-order valence-corrected chi connectivity index (χ0v) is 19.0. The predicted molar refractivity (Wildman–Crippen MR) is 116 cm³/mol. The van der Waals surface area contributed by atoms with Crippen LogP contribution in [0.5, 0.6) is 5.75 Å². The summed E-state index contributed by atoms with van der Waals surface area (Å²) < 4.78 is 12.9. The van der Waals surface area contributed by atoms with E-state index in [4.69, 9.17) is 32.7 Å². The predicted octanol–water partition coefficient (Wildman–Crippen LogP) is 6.94. The normalized spacial score (nSPS) is 11.3. The lowest BCUT2D eigenvalue weighted by atomic mass is 10.2. The van der Waals surface area contributed by atoms with Gasteiger partial charge in [0.05, 0.1) is 19.0 Å². The van der Waals surface area contributed by atoms with Gasteiger partial charge >= 0.3 is 0 Å². The minimum atomic E-state index is 0.388. The van der Waals surface area contributed by atoms with Crippen LogP contribution >= 0.6 is 55.1 Å². The molecule has 2 aromatic rings. The summed E-state index contributed by atoms with van der Waals surface area (Å²) >= 11 is 19.1. The van der Waals surface area contributed by atoms with Gasteiger partial charge in [0.15, 0.2) is 0 Å². The summed E-state index contributed by atoms with van der Waals surface area (Å²) in [5.74, 6) is 0.726. The maximum atomic E-state index is 6.04. The smallest absolute Gasteiger partial charge is 0.148 e. The summed E-state index contributed by atoms with van der Waals surface area (Å²) in [5.41, 5.74) is 1.93. The van der Waals surface area contributed by atoms with Crippen molar-refractivity contribution in [2.45, 2.75) is 20.0 Å². The summed E-state index contributed by atoms with van der Waals surface area (Å²) in [6, 6.07) is 9.40. The SMILES string of the molecule is CCOCCC/N=C/c1cc(Br)c(OCc2ccc(Cl)c(Cl)c2)c(Br)c1. The van der Waals surface area contributed by atoms with E-state index in [1.165, 1.54) is 0 Å². The van der Waals surface area contributed by atoms with Crippen LogP contribution in [0.25, 0.3) is 0 Å². The maximum absolute atomic E-state index is 6.04. The molecule has 0 saturated carbocycles. The van der Waals surface area contributed by atoms with Crippen molar-refractivity contribution in [3.63, 3.8) is 0 Å². The Morgan fingerprint density at radius 1 is 1.08 bits per heavy atom. The number of nitrogens with zero attached hydrogens (tertiary/aromatic N) is 1. The number of hydrogen-bond acceptors (Lipinski definition) is 3. The number of benzene rings is 2. The van der Waals surface area contributed by atoms with E-state index in [-0.39, 0.29) is 0 Å². The molecule has 7 heteroatoms. The Morgan fingerprint density at radius 3 is 2.46 bits per heavy atom. The second kappa shape index (κ2) is 11.3. The number of hydrogen-bond donors (Lipinski definition) is 0. The van der Waals surface area contributed by atoms with Gasteiger partial charge in [0.1, 0.15) is 12.4 Å². The van der Waals surface area contributed by atoms with Gasteiger partial charge in [-0.3, -0.25) is 4.99 Å². The van der Waals surface area contributed by atoms with Crippen LogP contribution in [0.2, 0.25) is 10.0 Å². The highest BCUT2D eigenvalue weighted by atomic mass is 79.9. The molecule has 0 heterocycles. The maximum Gasteiger partial charge on any atom is 0.148 e. The molecule has 0 saturated heterocycles. The lowest BCUT2D eigenvalue weighted by molar-refractivity contribution is 0.146. The number of halogens is 4. The van der Waals surface area contributed by atoms with Gasteiger partial charge in [-0.05, 0) is 80.6 Å². The molecule has 0 unspecified atom stereocenters. The molecular formula is C19H19Br2Cl2NO2. The summed E-state index contributed by atoms with van der Waals surface area (Å²) in [6.45, 7) is 4.60. The Kier molecular flexibility index (Phi) is 9.43. The van der Waals surface area contributed by atoms with E-state index in [0.717, 1.165) is 52.0 Å². The van der Waals surface area contributed by atoms with E-state index >= 15 is 0 Å². The molecule has 3 nitrogen and oxygen atoms in total. The van der Waals surface area contributed by atoms with Gasteiger partial charge in [-0.15, -0.1) is 0 Å². The highest BCUT2D eigenvalue weighted by Crippen LogP contribution is 2.35. The van der Waals surface area contributed by atoms with E-state index in [1.54, 1.807) is 12.1 Å². The van der Waals surface area contributed by atoms with E-state index < -0.39 is 0 Å². The first kappa shape index (κ1) is 21.7. The van der Waals surface area contributed by atoms with Crippen molar-refractivity contribution in [1.29, 1.82) is 0 Å². The summed E-state index contributed by atoms with van der Waals surface area (Å²) in [4.78, 5) is 4.42.